The Kier molecular flexibility index (Phi) is 9.94. The smallest absolute Gasteiger partial charge is 0.0433 e. The van der Waals surface area contributed by atoms with E-state index < -0.39 is 0 Å². The molecule has 0 bridgehead atoms. The fourth-order valence-electron chi connectivity index (χ4n) is 1.50. The number of hydrogen-bond donors (Lipinski definition) is 2. The summed E-state index contributed by atoms with van der Waals surface area (Å²) in [6.45, 7) is 2.86. The highest BCUT2D eigenvalue weighted by Crippen LogP contribution is 2.13. The molecule has 0 heterocycles. The first-order valence-corrected chi connectivity index (χ1v) is 5.53. The molecule has 2 heteroatoms. The molecule has 0 aliphatic carbocycles. The van der Waals surface area contributed by atoms with Crippen molar-refractivity contribution in [1.29, 1.82) is 0 Å². The normalized spacial score (nSPS) is 13.2. The second kappa shape index (κ2) is 10.0. The number of aliphatic hydroxyl groups is 2. The Labute approximate surface area is 82.0 Å². The van der Waals surface area contributed by atoms with Crippen LogP contribution in [0.3, 0.4) is 0 Å². The van der Waals surface area contributed by atoms with Gasteiger partial charge in [-0.2, -0.15) is 0 Å². The van der Waals surface area contributed by atoms with Crippen LogP contribution in [0.2, 0.25) is 0 Å². The molecule has 0 saturated heterocycles. The van der Waals surface area contributed by atoms with E-state index in [0.717, 1.165) is 19.3 Å². The molecule has 0 aliphatic rings. The van der Waals surface area contributed by atoms with Crippen molar-refractivity contribution < 1.29 is 10.2 Å². The summed E-state index contributed by atoms with van der Waals surface area (Å²) in [4.78, 5) is 0. The Hall–Kier alpha value is -0.0800. The number of unbranched alkanes of at least 4 members (excludes halogenated alkanes) is 4. The number of rotatable bonds is 9. The van der Waals surface area contributed by atoms with Crippen molar-refractivity contribution in [2.75, 3.05) is 13.2 Å². The van der Waals surface area contributed by atoms with E-state index in [-0.39, 0.29) is 0 Å². The first-order valence-electron chi connectivity index (χ1n) is 5.53. The van der Waals surface area contributed by atoms with Crippen LogP contribution in [-0.4, -0.2) is 23.4 Å². The quantitative estimate of drug-likeness (QED) is 0.545. The Bertz CT molecular complexity index is 94.1. The summed E-state index contributed by atoms with van der Waals surface area (Å²) in [7, 11) is 0. The third kappa shape index (κ3) is 9.84. The van der Waals surface area contributed by atoms with Gasteiger partial charge in [-0.3, -0.25) is 0 Å². The maximum atomic E-state index is 8.68. The van der Waals surface area contributed by atoms with Crippen molar-refractivity contribution in [2.45, 2.75) is 51.9 Å². The van der Waals surface area contributed by atoms with E-state index >= 15 is 0 Å². The van der Waals surface area contributed by atoms with Crippen LogP contribution >= 0.6 is 0 Å². The molecule has 0 aliphatic heterocycles. The zero-order valence-electron chi connectivity index (χ0n) is 8.84. The van der Waals surface area contributed by atoms with Gasteiger partial charge in [0.15, 0.2) is 0 Å². The van der Waals surface area contributed by atoms with Crippen LogP contribution in [0.1, 0.15) is 51.9 Å². The van der Waals surface area contributed by atoms with Gasteiger partial charge in [0.2, 0.25) is 0 Å². The monoisotopic (exact) mass is 188 g/mol. The van der Waals surface area contributed by atoms with Crippen LogP contribution in [0.4, 0.5) is 0 Å². The van der Waals surface area contributed by atoms with Crippen molar-refractivity contribution in [1.82, 2.24) is 0 Å². The molecule has 2 nitrogen and oxygen atoms in total. The summed E-state index contributed by atoms with van der Waals surface area (Å²) in [5, 5.41) is 17.2. The van der Waals surface area contributed by atoms with Gasteiger partial charge in [-0.25, -0.2) is 0 Å². The second-order valence-corrected chi connectivity index (χ2v) is 3.90. The van der Waals surface area contributed by atoms with Gasteiger partial charge < -0.3 is 10.2 Å². The zero-order chi connectivity index (χ0) is 9.94. The molecule has 0 aromatic carbocycles. The molecule has 0 aromatic rings. The Morgan fingerprint density at radius 1 is 0.769 bits per heavy atom. The minimum absolute atomic E-state index is 0.325. The van der Waals surface area contributed by atoms with Crippen molar-refractivity contribution >= 4 is 0 Å². The van der Waals surface area contributed by atoms with E-state index in [1.54, 1.807) is 0 Å². The van der Waals surface area contributed by atoms with Crippen molar-refractivity contribution in [3.8, 4) is 0 Å². The van der Waals surface area contributed by atoms with Crippen molar-refractivity contribution in [3.63, 3.8) is 0 Å². The predicted octanol–water partition coefficient (Wildman–Crippen LogP) is 2.34. The van der Waals surface area contributed by atoms with E-state index in [2.05, 4.69) is 6.92 Å². The molecule has 13 heavy (non-hydrogen) atoms. The number of hydrogen-bond acceptors (Lipinski definition) is 2. The Morgan fingerprint density at radius 3 is 2.00 bits per heavy atom. The SMILES string of the molecule is CC(CCO)CCCCCCCO. The average Bonchev–Trinajstić information content (AvgIpc) is 2.11. The summed E-state index contributed by atoms with van der Waals surface area (Å²) < 4.78 is 0. The Balaban J connectivity index is 2.97. The molecule has 80 valence electrons. The van der Waals surface area contributed by atoms with Crippen molar-refractivity contribution in [3.05, 3.63) is 0 Å². The van der Waals surface area contributed by atoms with Crippen LogP contribution in [0, 0.1) is 5.92 Å². The largest absolute Gasteiger partial charge is 0.396 e. The van der Waals surface area contributed by atoms with Gasteiger partial charge in [0.05, 0.1) is 0 Å². The van der Waals surface area contributed by atoms with Gasteiger partial charge in [-0.15, -0.1) is 0 Å². The molecular formula is C11H24O2. The van der Waals surface area contributed by atoms with Gasteiger partial charge in [0.25, 0.3) is 0 Å². The van der Waals surface area contributed by atoms with Gasteiger partial charge in [0, 0.05) is 13.2 Å². The highest BCUT2D eigenvalue weighted by atomic mass is 16.3. The van der Waals surface area contributed by atoms with Crippen LogP contribution in [0.25, 0.3) is 0 Å². The van der Waals surface area contributed by atoms with Gasteiger partial charge in [-0.05, 0) is 18.8 Å². The van der Waals surface area contributed by atoms with Crippen LogP contribution in [0.15, 0.2) is 0 Å². The van der Waals surface area contributed by atoms with E-state index in [9.17, 15) is 0 Å². The highest BCUT2D eigenvalue weighted by molar-refractivity contribution is 4.53. The summed E-state index contributed by atoms with van der Waals surface area (Å²) >= 11 is 0. The topological polar surface area (TPSA) is 40.5 Å². The summed E-state index contributed by atoms with van der Waals surface area (Å²) in [6, 6.07) is 0. The third-order valence-corrected chi connectivity index (χ3v) is 2.48. The van der Waals surface area contributed by atoms with Gasteiger partial charge in [0.1, 0.15) is 0 Å². The zero-order valence-corrected chi connectivity index (χ0v) is 8.84. The Morgan fingerprint density at radius 2 is 1.38 bits per heavy atom. The minimum Gasteiger partial charge on any atom is -0.396 e. The fraction of sp³-hybridized carbons (Fsp3) is 1.00. The molecule has 0 amide bonds. The van der Waals surface area contributed by atoms with E-state index in [0.29, 0.717) is 19.1 Å². The van der Waals surface area contributed by atoms with E-state index in [1.165, 1.54) is 25.7 Å². The van der Waals surface area contributed by atoms with Crippen LogP contribution in [0.5, 0.6) is 0 Å². The van der Waals surface area contributed by atoms with Gasteiger partial charge in [-0.1, -0.05) is 39.0 Å². The predicted molar refractivity (Wildman–Crippen MR) is 55.7 cm³/mol. The molecule has 2 N–H and O–H groups in total. The van der Waals surface area contributed by atoms with E-state index in [1.807, 2.05) is 0 Å². The third-order valence-electron chi connectivity index (χ3n) is 2.48. The maximum absolute atomic E-state index is 8.68. The summed E-state index contributed by atoms with van der Waals surface area (Å²) in [5.74, 6) is 0.669. The lowest BCUT2D eigenvalue weighted by atomic mass is 10.00. The van der Waals surface area contributed by atoms with Crippen molar-refractivity contribution in [2.24, 2.45) is 5.92 Å². The summed E-state index contributed by atoms with van der Waals surface area (Å²) in [5.41, 5.74) is 0. The standard InChI is InChI=1S/C11H24O2/c1-11(8-10-13)7-5-3-2-4-6-9-12/h11-13H,2-10H2,1H3. The molecule has 0 saturated carbocycles. The lowest BCUT2D eigenvalue weighted by Gasteiger charge is -2.08. The lowest BCUT2D eigenvalue weighted by Crippen LogP contribution is -1.97. The molecule has 0 aromatic heterocycles. The molecule has 1 atom stereocenters. The molecule has 0 rings (SSSR count). The number of aliphatic hydroxyl groups excluding tert-OH is 2. The molecule has 0 spiro atoms. The maximum Gasteiger partial charge on any atom is 0.0433 e. The first kappa shape index (κ1) is 12.9. The molecule has 1 unspecified atom stereocenters. The van der Waals surface area contributed by atoms with E-state index in [4.69, 9.17) is 10.2 Å². The minimum atomic E-state index is 0.325. The lowest BCUT2D eigenvalue weighted by molar-refractivity contribution is 0.256. The van der Waals surface area contributed by atoms with Crippen LogP contribution in [-0.2, 0) is 0 Å². The summed E-state index contributed by atoms with van der Waals surface area (Å²) in [6.07, 6.45) is 8.07. The highest BCUT2D eigenvalue weighted by Gasteiger charge is 2.00. The first-order chi connectivity index (χ1) is 6.31. The average molecular weight is 188 g/mol. The van der Waals surface area contributed by atoms with Crippen LogP contribution < -0.4 is 0 Å². The molecule has 0 radical (unpaired) electrons. The van der Waals surface area contributed by atoms with Gasteiger partial charge >= 0.3 is 0 Å². The fourth-order valence-corrected chi connectivity index (χ4v) is 1.50. The molecular weight excluding hydrogens is 164 g/mol. The molecule has 0 fully saturated rings. The second-order valence-electron chi connectivity index (χ2n) is 3.90.